The SMILES string of the molecule is NCCCC[n+]1ccc(N)c2ccc(Cl)cc21. The number of halogens is 1. The van der Waals surface area contributed by atoms with E-state index in [2.05, 4.69) is 4.57 Å². The zero-order valence-electron chi connectivity index (χ0n) is 9.70. The largest absolute Gasteiger partial charge is 0.398 e. The van der Waals surface area contributed by atoms with Crippen LogP contribution in [0.15, 0.2) is 30.5 Å². The number of aromatic nitrogens is 1. The van der Waals surface area contributed by atoms with Gasteiger partial charge in [-0.2, -0.15) is 4.57 Å². The molecule has 0 aliphatic carbocycles. The molecule has 0 bridgehead atoms. The van der Waals surface area contributed by atoms with Crippen LogP contribution in [0.1, 0.15) is 12.8 Å². The fraction of sp³-hybridized carbons (Fsp3) is 0.308. The van der Waals surface area contributed by atoms with Crippen molar-refractivity contribution in [2.75, 3.05) is 12.3 Å². The Labute approximate surface area is 106 Å². The van der Waals surface area contributed by atoms with Gasteiger partial charge in [-0.15, -0.1) is 0 Å². The zero-order valence-corrected chi connectivity index (χ0v) is 10.5. The highest BCUT2D eigenvalue weighted by Crippen LogP contribution is 2.21. The van der Waals surface area contributed by atoms with Gasteiger partial charge in [0.15, 0.2) is 6.20 Å². The topological polar surface area (TPSA) is 55.9 Å². The summed E-state index contributed by atoms with van der Waals surface area (Å²) in [5, 5.41) is 1.78. The summed E-state index contributed by atoms with van der Waals surface area (Å²) in [4.78, 5) is 0. The summed E-state index contributed by atoms with van der Waals surface area (Å²) >= 11 is 6.03. The van der Waals surface area contributed by atoms with E-state index in [1.165, 1.54) is 0 Å². The van der Waals surface area contributed by atoms with Gasteiger partial charge in [0.05, 0.1) is 11.1 Å². The summed E-state index contributed by atoms with van der Waals surface area (Å²) in [6.07, 6.45) is 4.09. The first kappa shape index (κ1) is 12.1. The average molecular weight is 251 g/mol. The Morgan fingerprint density at radius 2 is 2.00 bits per heavy atom. The molecule has 0 unspecified atom stereocenters. The standard InChI is InChI=1S/C13H16ClN3/c14-10-3-4-11-12(16)5-8-17(13(11)9-10)7-2-1-6-15/h3-5,8-9,16H,1-2,6-7,15H2/p+1. The molecule has 0 radical (unpaired) electrons. The maximum atomic E-state index is 6.03. The van der Waals surface area contributed by atoms with Crippen molar-refractivity contribution in [1.29, 1.82) is 0 Å². The third kappa shape index (κ3) is 2.68. The fourth-order valence-electron chi connectivity index (χ4n) is 1.95. The highest BCUT2D eigenvalue weighted by Gasteiger charge is 2.11. The number of rotatable bonds is 4. The molecular weight excluding hydrogens is 234 g/mol. The lowest BCUT2D eigenvalue weighted by Gasteiger charge is -2.04. The first-order valence-electron chi connectivity index (χ1n) is 5.79. The summed E-state index contributed by atoms with van der Waals surface area (Å²) in [6, 6.07) is 7.71. The molecule has 0 saturated carbocycles. The van der Waals surface area contributed by atoms with Crippen molar-refractivity contribution in [2.24, 2.45) is 5.73 Å². The normalized spacial score (nSPS) is 10.9. The number of nitrogen functional groups attached to an aromatic ring is 1. The zero-order chi connectivity index (χ0) is 12.3. The van der Waals surface area contributed by atoms with E-state index in [1.807, 2.05) is 30.5 Å². The summed E-state index contributed by atoms with van der Waals surface area (Å²) in [7, 11) is 0. The van der Waals surface area contributed by atoms with Gasteiger partial charge in [-0.25, -0.2) is 0 Å². The number of hydrogen-bond donors (Lipinski definition) is 2. The number of benzene rings is 1. The minimum atomic E-state index is 0.730. The molecule has 0 aliphatic rings. The number of hydrogen-bond acceptors (Lipinski definition) is 2. The van der Waals surface area contributed by atoms with Crippen LogP contribution in [0.5, 0.6) is 0 Å². The maximum absolute atomic E-state index is 6.03. The molecule has 90 valence electrons. The average Bonchev–Trinajstić information content (AvgIpc) is 2.32. The van der Waals surface area contributed by atoms with Crippen LogP contribution in [-0.4, -0.2) is 6.54 Å². The summed E-state index contributed by atoms with van der Waals surface area (Å²) < 4.78 is 2.17. The monoisotopic (exact) mass is 250 g/mol. The lowest BCUT2D eigenvalue weighted by molar-refractivity contribution is -0.671. The van der Waals surface area contributed by atoms with E-state index in [1.54, 1.807) is 0 Å². The second kappa shape index (κ2) is 5.34. The Hall–Kier alpha value is -1.32. The van der Waals surface area contributed by atoms with Crippen LogP contribution in [0, 0.1) is 0 Å². The number of anilines is 1. The van der Waals surface area contributed by atoms with Gasteiger partial charge in [-0.05, 0) is 25.1 Å². The molecule has 0 aliphatic heterocycles. The van der Waals surface area contributed by atoms with E-state index in [-0.39, 0.29) is 0 Å². The van der Waals surface area contributed by atoms with Gasteiger partial charge in [-0.3, -0.25) is 0 Å². The molecule has 2 aromatic rings. The van der Waals surface area contributed by atoms with Crippen LogP contribution in [0.4, 0.5) is 5.69 Å². The predicted octanol–water partition coefficient (Wildman–Crippen LogP) is 2.10. The number of nitrogens with two attached hydrogens (primary N) is 2. The van der Waals surface area contributed by atoms with E-state index >= 15 is 0 Å². The van der Waals surface area contributed by atoms with Crippen molar-refractivity contribution in [3.63, 3.8) is 0 Å². The molecule has 4 N–H and O–H groups in total. The summed E-state index contributed by atoms with van der Waals surface area (Å²) in [5.41, 5.74) is 13.3. The van der Waals surface area contributed by atoms with Gasteiger partial charge in [-0.1, -0.05) is 11.6 Å². The smallest absolute Gasteiger partial charge is 0.216 e. The fourth-order valence-corrected chi connectivity index (χ4v) is 2.11. The van der Waals surface area contributed by atoms with Crippen LogP contribution in [0.25, 0.3) is 10.9 Å². The Balaban J connectivity index is 2.41. The molecule has 0 spiro atoms. The highest BCUT2D eigenvalue weighted by atomic mass is 35.5. The highest BCUT2D eigenvalue weighted by molar-refractivity contribution is 6.31. The Kier molecular flexibility index (Phi) is 3.82. The van der Waals surface area contributed by atoms with Crippen molar-refractivity contribution in [2.45, 2.75) is 19.4 Å². The van der Waals surface area contributed by atoms with Crippen LogP contribution >= 0.6 is 11.6 Å². The van der Waals surface area contributed by atoms with Crippen molar-refractivity contribution in [3.05, 3.63) is 35.5 Å². The molecule has 0 amide bonds. The summed E-state index contributed by atoms with van der Waals surface area (Å²) in [6.45, 7) is 1.67. The Bertz CT molecular complexity index is 525. The second-order valence-electron chi connectivity index (χ2n) is 4.12. The molecule has 0 atom stereocenters. The summed E-state index contributed by atoms with van der Waals surface area (Å²) in [5.74, 6) is 0. The van der Waals surface area contributed by atoms with E-state index in [9.17, 15) is 0 Å². The van der Waals surface area contributed by atoms with Gasteiger partial charge in [0.1, 0.15) is 6.54 Å². The van der Waals surface area contributed by atoms with Gasteiger partial charge >= 0.3 is 0 Å². The lowest BCUT2D eigenvalue weighted by atomic mass is 10.1. The number of unbranched alkanes of at least 4 members (excludes halogenated alkanes) is 1. The number of pyridine rings is 1. The number of aryl methyl sites for hydroxylation is 1. The van der Waals surface area contributed by atoms with Crippen LogP contribution in [0.2, 0.25) is 5.02 Å². The molecule has 1 aromatic heterocycles. The molecule has 4 heteroatoms. The molecule has 0 fully saturated rings. The minimum absolute atomic E-state index is 0.730. The lowest BCUT2D eigenvalue weighted by Crippen LogP contribution is -2.34. The molecule has 17 heavy (non-hydrogen) atoms. The van der Waals surface area contributed by atoms with E-state index in [0.717, 1.165) is 47.5 Å². The predicted molar refractivity (Wildman–Crippen MR) is 71.9 cm³/mol. The van der Waals surface area contributed by atoms with Gasteiger partial charge in [0.2, 0.25) is 5.52 Å². The quantitative estimate of drug-likeness (QED) is 0.645. The Morgan fingerprint density at radius 3 is 2.76 bits per heavy atom. The maximum Gasteiger partial charge on any atom is 0.216 e. The first-order chi connectivity index (χ1) is 8.22. The molecule has 1 aromatic carbocycles. The van der Waals surface area contributed by atoms with Crippen LogP contribution in [-0.2, 0) is 6.54 Å². The number of fused-ring (bicyclic) bond motifs is 1. The van der Waals surface area contributed by atoms with Gasteiger partial charge < -0.3 is 11.5 Å². The van der Waals surface area contributed by atoms with Crippen LogP contribution in [0.3, 0.4) is 0 Å². The van der Waals surface area contributed by atoms with Crippen molar-refractivity contribution in [3.8, 4) is 0 Å². The van der Waals surface area contributed by atoms with Crippen molar-refractivity contribution >= 4 is 28.2 Å². The first-order valence-corrected chi connectivity index (χ1v) is 6.17. The van der Waals surface area contributed by atoms with Crippen molar-refractivity contribution < 1.29 is 4.57 Å². The second-order valence-corrected chi connectivity index (χ2v) is 4.56. The molecule has 1 heterocycles. The number of nitrogens with zero attached hydrogens (tertiary/aromatic N) is 1. The van der Waals surface area contributed by atoms with E-state index in [0.29, 0.717) is 0 Å². The van der Waals surface area contributed by atoms with Gasteiger partial charge in [0, 0.05) is 23.6 Å². The van der Waals surface area contributed by atoms with Gasteiger partial charge in [0.25, 0.3) is 0 Å². The van der Waals surface area contributed by atoms with E-state index < -0.39 is 0 Å². The molecule has 2 rings (SSSR count). The van der Waals surface area contributed by atoms with E-state index in [4.69, 9.17) is 23.1 Å². The third-order valence-electron chi connectivity index (χ3n) is 2.87. The van der Waals surface area contributed by atoms with Crippen molar-refractivity contribution in [1.82, 2.24) is 0 Å². The molecule has 3 nitrogen and oxygen atoms in total. The molecule has 0 saturated heterocycles. The third-order valence-corrected chi connectivity index (χ3v) is 3.10. The van der Waals surface area contributed by atoms with Crippen LogP contribution < -0.4 is 16.0 Å². The molecular formula is C13H17ClN3+. The Morgan fingerprint density at radius 1 is 1.18 bits per heavy atom. The minimum Gasteiger partial charge on any atom is -0.398 e.